The van der Waals surface area contributed by atoms with Crippen LogP contribution in [0, 0.1) is 0 Å². The zero-order chi connectivity index (χ0) is 38.1. The van der Waals surface area contributed by atoms with E-state index in [0.29, 0.717) is 44.0 Å². The van der Waals surface area contributed by atoms with Gasteiger partial charge in [-0.2, -0.15) is 0 Å². The van der Waals surface area contributed by atoms with Gasteiger partial charge in [-0.15, -0.1) is 0 Å². The molecule has 2 spiro atoms. The molecule has 2 aliphatic carbocycles. The van der Waals surface area contributed by atoms with Crippen LogP contribution < -0.4 is 15.4 Å². The molecule has 0 fully saturated rings. The van der Waals surface area contributed by atoms with Crippen LogP contribution in [0.15, 0.2) is 73.0 Å². The van der Waals surface area contributed by atoms with E-state index in [1.54, 1.807) is 24.3 Å². The van der Waals surface area contributed by atoms with E-state index in [4.69, 9.17) is 23.9 Å². The maximum Gasteiger partial charge on any atom is 0.269 e. The van der Waals surface area contributed by atoms with Crippen molar-refractivity contribution in [3.8, 4) is 5.75 Å². The third-order valence-corrected chi connectivity index (χ3v) is 12.1. The van der Waals surface area contributed by atoms with Gasteiger partial charge in [0.1, 0.15) is 47.5 Å². The number of halogens is 6. The average Bonchev–Trinajstić information content (AvgIpc) is 3.73. The number of ether oxygens (including phenoxy) is 3. The van der Waals surface area contributed by atoms with Crippen molar-refractivity contribution in [2.75, 3.05) is 33.9 Å². The van der Waals surface area contributed by atoms with Gasteiger partial charge in [0.25, 0.3) is 11.8 Å². The van der Waals surface area contributed by atoms with Crippen molar-refractivity contribution in [2.45, 2.75) is 42.4 Å². The van der Waals surface area contributed by atoms with E-state index in [9.17, 15) is 29.7 Å². The van der Waals surface area contributed by atoms with E-state index < -0.39 is 53.7 Å². The highest BCUT2D eigenvalue weighted by atomic mass is 79.9. The maximum atomic E-state index is 12.9. The van der Waals surface area contributed by atoms with Crippen LogP contribution in [0.25, 0.3) is 0 Å². The van der Waals surface area contributed by atoms with Crippen LogP contribution in [0.5, 0.6) is 5.75 Å². The van der Waals surface area contributed by atoms with Crippen LogP contribution in [-0.4, -0.2) is 102 Å². The number of benzene rings is 1. The van der Waals surface area contributed by atoms with Crippen molar-refractivity contribution in [1.29, 1.82) is 0 Å². The van der Waals surface area contributed by atoms with Gasteiger partial charge >= 0.3 is 0 Å². The molecule has 1 aromatic carbocycles. The number of oxime groups is 2. The zero-order valence-electron chi connectivity index (χ0n) is 26.8. The Kier molecular flexibility index (Phi) is 13.2. The average molecular weight is 1110 g/mol. The molecule has 2 aliphatic heterocycles. The lowest BCUT2D eigenvalue weighted by Gasteiger charge is -2.33. The van der Waals surface area contributed by atoms with Gasteiger partial charge in [0.15, 0.2) is 17.0 Å². The van der Waals surface area contributed by atoms with E-state index in [2.05, 4.69) is 117 Å². The molecule has 0 saturated carbocycles. The summed E-state index contributed by atoms with van der Waals surface area (Å²) in [4.78, 5) is 49.3. The first-order valence-electron chi connectivity index (χ1n) is 14.9. The van der Waals surface area contributed by atoms with Gasteiger partial charge in [-0.25, -0.2) is 0 Å². The number of hydrogen-bond acceptors (Lipinski definition) is 13. The minimum Gasteiger partial charge on any atom is -0.495 e. The standard InChI is InChI=1S/C31H28Br6N4O11/c1-48-24-16(34)5-30(26(44)21(24)36)7-18(40-51-30)28(46)38-9-13(42)11-50-23-14(32)3-12(4-15(23)33)20(43)10-39-29(47)19-8-31(52-41-19)6-17(35)25(49-2)22(37)27(31)45/h3-6,20,26-27,43-45H,7-11H2,1-2H3,(H,38,46)(H,39,47)/t20-,26-,27-,30+,31+/m0/s1. The van der Waals surface area contributed by atoms with E-state index in [1.165, 1.54) is 14.2 Å². The lowest BCUT2D eigenvalue weighted by molar-refractivity contribution is -0.123. The third-order valence-electron chi connectivity index (χ3n) is 8.17. The Morgan fingerprint density at radius 1 is 0.846 bits per heavy atom. The number of aliphatic hydroxyl groups is 3. The molecule has 4 aliphatic rings. The topological polar surface area (TPSA) is 207 Å². The summed E-state index contributed by atoms with van der Waals surface area (Å²) in [6, 6.07) is 3.13. The number of allylic oxidation sites excluding steroid dienone is 2. The van der Waals surface area contributed by atoms with Crippen molar-refractivity contribution >= 4 is 125 Å². The van der Waals surface area contributed by atoms with E-state index in [0.717, 1.165) is 0 Å². The Labute approximate surface area is 346 Å². The van der Waals surface area contributed by atoms with Crippen molar-refractivity contribution in [2.24, 2.45) is 10.3 Å². The molecule has 1 aromatic rings. The molecular weight excluding hydrogens is 1080 g/mol. The van der Waals surface area contributed by atoms with Gasteiger partial charge in [-0.3, -0.25) is 14.4 Å². The lowest BCUT2D eigenvalue weighted by atomic mass is 9.87. The second-order valence-electron chi connectivity index (χ2n) is 11.6. The fourth-order valence-corrected chi connectivity index (χ4v) is 10.5. The third kappa shape index (κ3) is 8.26. The number of rotatable bonds is 12. The summed E-state index contributed by atoms with van der Waals surface area (Å²) < 4.78 is 18.7. The van der Waals surface area contributed by atoms with E-state index in [1.807, 2.05) is 0 Å². The highest BCUT2D eigenvalue weighted by Crippen LogP contribution is 2.45. The first-order chi connectivity index (χ1) is 24.6. The zero-order valence-corrected chi connectivity index (χ0v) is 36.4. The molecule has 15 nitrogen and oxygen atoms in total. The number of nitrogens with zero attached hydrogens (tertiary/aromatic N) is 2. The molecule has 0 radical (unpaired) electrons. The Morgan fingerprint density at radius 2 is 1.31 bits per heavy atom. The Morgan fingerprint density at radius 3 is 1.77 bits per heavy atom. The second-order valence-corrected chi connectivity index (χ2v) is 16.7. The molecule has 5 rings (SSSR count). The molecule has 2 amide bonds. The summed E-state index contributed by atoms with van der Waals surface area (Å²) >= 11 is 20.1. The molecule has 0 saturated heterocycles. The van der Waals surface area contributed by atoms with Crippen LogP contribution in [0.3, 0.4) is 0 Å². The molecule has 0 unspecified atom stereocenters. The number of methoxy groups -OCH3 is 2. The molecule has 2 heterocycles. The number of carbonyl (C=O) groups excluding carboxylic acids is 3. The minimum absolute atomic E-state index is 0.0181. The van der Waals surface area contributed by atoms with Gasteiger partial charge in [0, 0.05) is 19.4 Å². The minimum atomic E-state index is -1.34. The number of nitrogens with one attached hydrogen (secondary N) is 2. The Hall–Kier alpha value is -2.11. The summed E-state index contributed by atoms with van der Waals surface area (Å²) in [6.45, 7) is -0.963. The summed E-state index contributed by atoms with van der Waals surface area (Å²) in [5, 5.41) is 45.3. The summed E-state index contributed by atoms with van der Waals surface area (Å²) in [6.07, 6.45) is -0.507. The molecular formula is C31H28Br6N4O11. The largest absolute Gasteiger partial charge is 0.495 e. The number of hydrogen-bond donors (Lipinski definition) is 5. The maximum absolute atomic E-state index is 12.9. The molecule has 5 atom stereocenters. The summed E-state index contributed by atoms with van der Waals surface area (Å²) in [5.74, 6) is -0.687. The number of amides is 2. The normalized spacial score (nSPS) is 25.8. The van der Waals surface area contributed by atoms with Crippen LogP contribution in [0.1, 0.15) is 24.5 Å². The molecule has 21 heteroatoms. The van der Waals surface area contributed by atoms with Gasteiger partial charge in [-0.05, 0) is 125 Å². The highest BCUT2D eigenvalue weighted by Gasteiger charge is 2.52. The molecule has 0 bridgehead atoms. The van der Waals surface area contributed by atoms with Crippen LogP contribution >= 0.6 is 95.6 Å². The second kappa shape index (κ2) is 16.7. The monoisotopic (exact) mass is 1110 g/mol. The highest BCUT2D eigenvalue weighted by molar-refractivity contribution is 9.12. The Balaban J connectivity index is 1.09. The molecule has 5 N–H and O–H groups in total. The van der Waals surface area contributed by atoms with Crippen molar-refractivity contribution in [3.63, 3.8) is 0 Å². The molecule has 0 aromatic heterocycles. The summed E-state index contributed by atoms with van der Waals surface area (Å²) in [7, 11) is 2.90. The van der Waals surface area contributed by atoms with E-state index >= 15 is 0 Å². The van der Waals surface area contributed by atoms with E-state index in [-0.39, 0.29) is 43.1 Å². The van der Waals surface area contributed by atoms with Crippen LogP contribution in [0.4, 0.5) is 0 Å². The first-order valence-corrected chi connectivity index (χ1v) is 19.7. The smallest absolute Gasteiger partial charge is 0.269 e. The van der Waals surface area contributed by atoms with Gasteiger partial charge < -0.3 is 49.8 Å². The van der Waals surface area contributed by atoms with Gasteiger partial charge in [0.05, 0.1) is 53.7 Å². The van der Waals surface area contributed by atoms with Crippen molar-refractivity contribution in [1.82, 2.24) is 10.6 Å². The van der Waals surface area contributed by atoms with Gasteiger partial charge in [0.2, 0.25) is 0 Å². The van der Waals surface area contributed by atoms with Crippen LogP contribution in [0.2, 0.25) is 0 Å². The molecule has 280 valence electrons. The fourth-order valence-electron chi connectivity index (χ4n) is 5.44. The van der Waals surface area contributed by atoms with Crippen molar-refractivity contribution < 1.29 is 53.6 Å². The van der Waals surface area contributed by atoms with Crippen molar-refractivity contribution in [3.05, 3.63) is 68.2 Å². The predicted molar refractivity (Wildman–Crippen MR) is 207 cm³/mol. The number of carbonyl (C=O) groups is 3. The Bertz CT molecular complexity index is 1860. The predicted octanol–water partition coefficient (Wildman–Crippen LogP) is 4.27. The fraction of sp³-hybridized carbons (Fsp3) is 0.387. The number of ketones is 1. The number of Topliss-reactive ketones (excluding diaryl/α,β-unsaturated/α-hetero) is 1. The lowest BCUT2D eigenvalue weighted by Crippen LogP contribution is -2.45. The van der Waals surface area contributed by atoms with Crippen LogP contribution in [-0.2, 0) is 33.5 Å². The SMILES string of the molecule is COC1=C(Br)[C@H](O)[C@@]2(C=C1Br)CC(C(=O)NCC(=O)COc1c(Br)cc([C@@H](O)CNC(=O)C3=NO[C@]4(C=C(Br)C(OC)=C(Br)[C@@H]4O)C3)cc1Br)=NO2. The van der Waals surface area contributed by atoms with Gasteiger partial charge in [-0.1, -0.05) is 10.3 Å². The molecule has 52 heavy (non-hydrogen) atoms. The quantitative estimate of drug-likeness (QED) is 0.200. The first kappa shape index (κ1) is 41.1. The number of aliphatic hydroxyl groups excluding tert-OH is 3. The summed E-state index contributed by atoms with van der Waals surface area (Å²) in [5.41, 5.74) is -2.26.